The lowest BCUT2D eigenvalue weighted by Crippen LogP contribution is -2.65. The van der Waals surface area contributed by atoms with Gasteiger partial charge in [0.1, 0.15) is 5.54 Å². The summed E-state index contributed by atoms with van der Waals surface area (Å²) in [5.41, 5.74) is 4.72. The van der Waals surface area contributed by atoms with E-state index >= 15 is 0 Å². The van der Waals surface area contributed by atoms with Gasteiger partial charge in [0, 0.05) is 6.54 Å². The number of amides is 1. The minimum absolute atomic E-state index is 0.191. The molecule has 1 unspecified atom stereocenters. The maximum Gasteiger partial charge on any atom is 0.329 e. The number of rotatable bonds is 2. The molecule has 0 bridgehead atoms. The molecule has 5 heteroatoms. The van der Waals surface area contributed by atoms with Gasteiger partial charge in [-0.1, -0.05) is 0 Å². The molecule has 2 fully saturated rings. The zero-order valence-electron chi connectivity index (χ0n) is 8.61. The number of carboxylic acid groups (broad SMARTS) is 1. The molecule has 2 aliphatic rings. The number of likely N-dealkylation sites (tertiary alicyclic amines) is 1. The van der Waals surface area contributed by atoms with Crippen LogP contribution < -0.4 is 5.73 Å². The molecular formula is C10H16N2O3. The van der Waals surface area contributed by atoms with Gasteiger partial charge in [0.15, 0.2) is 0 Å². The van der Waals surface area contributed by atoms with Crippen LogP contribution in [0.15, 0.2) is 0 Å². The average molecular weight is 212 g/mol. The highest BCUT2D eigenvalue weighted by Crippen LogP contribution is 2.39. The monoisotopic (exact) mass is 212 g/mol. The molecule has 0 radical (unpaired) electrons. The molecule has 0 aromatic heterocycles. The Morgan fingerprint density at radius 2 is 2.13 bits per heavy atom. The highest BCUT2D eigenvalue weighted by molar-refractivity contribution is 5.90. The van der Waals surface area contributed by atoms with Crippen LogP contribution >= 0.6 is 0 Å². The molecule has 1 amide bonds. The van der Waals surface area contributed by atoms with Crippen LogP contribution in [0.25, 0.3) is 0 Å². The molecule has 1 saturated heterocycles. The van der Waals surface area contributed by atoms with Gasteiger partial charge in [-0.05, 0) is 32.1 Å². The first kappa shape index (κ1) is 10.4. The van der Waals surface area contributed by atoms with Crippen LogP contribution in [0.5, 0.6) is 0 Å². The lowest BCUT2D eigenvalue weighted by molar-refractivity contribution is -0.168. The summed E-state index contributed by atoms with van der Waals surface area (Å²) in [5, 5.41) is 9.21. The lowest BCUT2D eigenvalue weighted by atomic mass is 9.74. The van der Waals surface area contributed by atoms with E-state index in [1.807, 2.05) is 0 Å². The number of nitrogens with zero attached hydrogens (tertiary/aromatic N) is 1. The van der Waals surface area contributed by atoms with Gasteiger partial charge in [0.25, 0.3) is 0 Å². The highest BCUT2D eigenvalue weighted by Gasteiger charge is 2.52. The minimum Gasteiger partial charge on any atom is -0.479 e. The van der Waals surface area contributed by atoms with Crippen LogP contribution in [0.3, 0.4) is 0 Å². The Kier molecular flexibility index (Phi) is 2.42. The van der Waals surface area contributed by atoms with E-state index in [2.05, 4.69) is 0 Å². The number of aliphatic carboxylic acids is 1. The summed E-state index contributed by atoms with van der Waals surface area (Å²) in [4.78, 5) is 24.5. The predicted octanol–water partition coefficient (Wildman–Crippen LogP) is -0.0566. The second-order valence-corrected chi connectivity index (χ2v) is 4.43. The third-order valence-corrected chi connectivity index (χ3v) is 3.58. The SMILES string of the molecule is NC1CCCN(C2(C(=O)O)CCC2)C1=O. The summed E-state index contributed by atoms with van der Waals surface area (Å²) >= 11 is 0. The van der Waals surface area contributed by atoms with Crippen LogP contribution in [0, 0.1) is 0 Å². The fourth-order valence-electron chi connectivity index (χ4n) is 2.44. The lowest BCUT2D eigenvalue weighted by Gasteiger charge is -2.49. The molecule has 2 rings (SSSR count). The summed E-state index contributed by atoms with van der Waals surface area (Å²) in [6.07, 6.45) is 3.50. The number of hydrogen-bond acceptors (Lipinski definition) is 3. The molecule has 1 heterocycles. The van der Waals surface area contributed by atoms with Gasteiger partial charge < -0.3 is 15.7 Å². The molecule has 3 N–H and O–H groups in total. The standard InChI is InChI=1S/C10H16N2O3/c11-7-3-1-6-12(8(7)13)10(9(14)15)4-2-5-10/h7H,1-6,11H2,(H,14,15). The van der Waals surface area contributed by atoms with Crippen molar-refractivity contribution in [3.05, 3.63) is 0 Å². The van der Waals surface area contributed by atoms with Crippen molar-refractivity contribution in [1.82, 2.24) is 4.90 Å². The van der Waals surface area contributed by atoms with E-state index in [1.54, 1.807) is 0 Å². The van der Waals surface area contributed by atoms with E-state index in [1.165, 1.54) is 4.90 Å². The first-order valence-corrected chi connectivity index (χ1v) is 5.38. The number of carboxylic acids is 1. The fraction of sp³-hybridized carbons (Fsp3) is 0.800. The van der Waals surface area contributed by atoms with Crippen molar-refractivity contribution in [2.24, 2.45) is 5.73 Å². The Balaban J connectivity index is 2.21. The Bertz CT molecular complexity index is 299. The molecule has 0 spiro atoms. The van der Waals surface area contributed by atoms with E-state index in [4.69, 9.17) is 5.73 Å². The molecule has 5 nitrogen and oxygen atoms in total. The van der Waals surface area contributed by atoms with Gasteiger partial charge in [-0.15, -0.1) is 0 Å². The van der Waals surface area contributed by atoms with Crippen molar-refractivity contribution >= 4 is 11.9 Å². The van der Waals surface area contributed by atoms with Crippen LogP contribution in [-0.2, 0) is 9.59 Å². The Morgan fingerprint density at radius 3 is 2.60 bits per heavy atom. The molecule has 1 saturated carbocycles. The second kappa shape index (κ2) is 3.48. The van der Waals surface area contributed by atoms with E-state index in [0.717, 1.165) is 12.8 Å². The number of nitrogens with two attached hydrogens (primary N) is 1. The number of carbonyl (C=O) groups excluding carboxylic acids is 1. The van der Waals surface area contributed by atoms with Crippen LogP contribution in [0.2, 0.25) is 0 Å². The van der Waals surface area contributed by atoms with Gasteiger partial charge in [-0.25, -0.2) is 4.79 Å². The second-order valence-electron chi connectivity index (χ2n) is 4.43. The fourth-order valence-corrected chi connectivity index (χ4v) is 2.44. The highest BCUT2D eigenvalue weighted by atomic mass is 16.4. The predicted molar refractivity (Wildman–Crippen MR) is 53.1 cm³/mol. The molecule has 1 atom stereocenters. The van der Waals surface area contributed by atoms with Crippen LogP contribution in [0.1, 0.15) is 32.1 Å². The molecule has 0 aromatic rings. The van der Waals surface area contributed by atoms with Gasteiger partial charge in [-0.3, -0.25) is 4.79 Å². The first-order valence-electron chi connectivity index (χ1n) is 5.38. The van der Waals surface area contributed by atoms with Gasteiger partial charge in [-0.2, -0.15) is 0 Å². The molecule has 84 valence electrons. The zero-order valence-corrected chi connectivity index (χ0v) is 8.61. The summed E-state index contributed by atoms with van der Waals surface area (Å²) in [6, 6.07) is -0.504. The van der Waals surface area contributed by atoms with Crippen molar-refractivity contribution in [3.8, 4) is 0 Å². The van der Waals surface area contributed by atoms with Crippen LogP contribution in [-0.4, -0.2) is 40.0 Å². The third kappa shape index (κ3) is 1.42. The first-order chi connectivity index (χ1) is 7.08. The van der Waals surface area contributed by atoms with Gasteiger partial charge in [0.2, 0.25) is 5.91 Å². The molecule has 1 aliphatic carbocycles. The quantitative estimate of drug-likeness (QED) is 0.672. The maximum atomic E-state index is 11.8. The smallest absolute Gasteiger partial charge is 0.329 e. The van der Waals surface area contributed by atoms with Gasteiger partial charge >= 0.3 is 5.97 Å². The summed E-state index contributed by atoms with van der Waals surface area (Å²) in [5.74, 6) is -1.07. The largest absolute Gasteiger partial charge is 0.479 e. The van der Waals surface area contributed by atoms with Crippen molar-refractivity contribution < 1.29 is 14.7 Å². The van der Waals surface area contributed by atoms with Crippen molar-refractivity contribution in [3.63, 3.8) is 0 Å². The van der Waals surface area contributed by atoms with E-state index in [-0.39, 0.29) is 5.91 Å². The average Bonchev–Trinajstić information content (AvgIpc) is 2.09. The summed E-state index contributed by atoms with van der Waals surface area (Å²) in [7, 11) is 0. The van der Waals surface area contributed by atoms with E-state index in [0.29, 0.717) is 25.8 Å². The number of piperidine rings is 1. The third-order valence-electron chi connectivity index (χ3n) is 3.58. The molecular weight excluding hydrogens is 196 g/mol. The molecule has 1 aliphatic heterocycles. The summed E-state index contributed by atoms with van der Waals surface area (Å²) < 4.78 is 0. The van der Waals surface area contributed by atoms with E-state index in [9.17, 15) is 14.7 Å². The normalized spacial score (nSPS) is 29.8. The molecule has 0 aromatic carbocycles. The maximum absolute atomic E-state index is 11.8. The van der Waals surface area contributed by atoms with Crippen molar-refractivity contribution in [2.75, 3.05) is 6.54 Å². The van der Waals surface area contributed by atoms with Crippen molar-refractivity contribution in [1.29, 1.82) is 0 Å². The topological polar surface area (TPSA) is 83.6 Å². The number of hydrogen-bond donors (Lipinski definition) is 2. The Hall–Kier alpha value is -1.10. The minimum atomic E-state index is -0.935. The van der Waals surface area contributed by atoms with Crippen LogP contribution in [0.4, 0.5) is 0 Å². The van der Waals surface area contributed by atoms with Gasteiger partial charge in [0.05, 0.1) is 6.04 Å². The number of carbonyl (C=O) groups is 2. The Morgan fingerprint density at radius 1 is 1.47 bits per heavy atom. The molecule has 15 heavy (non-hydrogen) atoms. The van der Waals surface area contributed by atoms with Crippen molar-refractivity contribution in [2.45, 2.75) is 43.7 Å². The van der Waals surface area contributed by atoms with E-state index < -0.39 is 17.6 Å². The summed E-state index contributed by atoms with van der Waals surface area (Å²) in [6.45, 7) is 0.541. The Labute approximate surface area is 88.2 Å². The zero-order chi connectivity index (χ0) is 11.1.